The fourth-order valence-corrected chi connectivity index (χ4v) is 3.83. The van der Waals surface area contributed by atoms with E-state index in [0.717, 1.165) is 4.90 Å². The Balaban J connectivity index is 3.04. The lowest BCUT2D eigenvalue weighted by Crippen LogP contribution is -2.19. The number of hydrogen-bond acceptors (Lipinski definition) is 5. The first-order valence-corrected chi connectivity index (χ1v) is 8.86. The Morgan fingerprint density at radius 3 is 2.55 bits per heavy atom. The molecule has 0 aliphatic carbocycles. The third-order valence-electron chi connectivity index (χ3n) is 2.39. The number of carbonyl (C=O) groups is 2. The first kappa shape index (κ1) is 18.9. The van der Waals surface area contributed by atoms with Crippen LogP contribution in [0, 0.1) is 0 Å². The standard InChI is InChI=1S/C15H21NO4S2/c1-15(2,3)22-21-12-7-5-6-11(10(12)8-14(18)19)16-13(17)9-20-4/h5-7H,8-9H2,1-4H3,(H,16,17)(H,18,19). The summed E-state index contributed by atoms with van der Waals surface area (Å²) in [4.78, 5) is 23.7. The number of carboxylic acids is 1. The number of nitrogens with one attached hydrogen (secondary N) is 1. The molecule has 5 nitrogen and oxygen atoms in total. The summed E-state index contributed by atoms with van der Waals surface area (Å²) in [7, 11) is 4.61. The monoisotopic (exact) mass is 343 g/mol. The van der Waals surface area contributed by atoms with Gasteiger partial charge in [0.15, 0.2) is 0 Å². The molecule has 1 aromatic carbocycles. The number of rotatable bonds is 7. The average molecular weight is 343 g/mol. The molecule has 1 aromatic rings. The molecule has 0 atom stereocenters. The van der Waals surface area contributed by atoms with Gasteiger partial charge in [-0.2, -0.15) is 0 Å². The minimum Gasteiger partial charge on any atom is -0.481 e. The largest absolute Gasteiger partial charge is 0.481 e. The van der Waals surface area contributed by atoms with Crippen LogP contribution in [-0.4, -0.2) is 35.4 Å². The van der Waals surface area contributed by atoms with E-state index in [-0.39, 0.29) is 23.7 Å². The first-order chi connectivity index (χ1) is 10.2. The van der Waals surface area contributed by atoms with Gasteiger partial charge in [0.1, 0.15) is 6.61 Å². The van der Waals surface area contributed by atoms with Gasteiger partial charge in [0.25, 0.3) is 0 Å². The summed E-state index contributed by atoms with van der Waals surface area (Å²) < 4.78 is 4.82. The van der Waals surface area contributed by atoms with Crippen LogP contribution < -0.4 is 5.32 Å². The third-order valence-corrected chi connectivity index (χ3v) is 5.83. The van der Waals surface area contributed by atoms with E-state index in [1.165, 1.54) is 17.9 Å². The number of amides is 1. The van der Waals surface area contributed by atoms with Crippen LogP contribution in [0.5, 0.6) is 0 Å². The fraction of sp³-hybridized carbons (Fsp3) is 0.467. The molecule has 0 unspecified atom stereocenters. The Morgan fingerprint density at radius 2 is 2.00 bits per heavy atom. The molecule has 0 fully saturated rings. The second-order valence-electron chi connectivity index (χ2n) is 5.61. The quantitative estimate of drug-likeness (QED) is 0.739. The number of hydrogen-bond donors (Lipinski definition) is 2. The first-order valence-electron chi connectivity index (χ1n) is 6.71. The molecule has 122 valence electrons. The van der Waals surface area contributed by atoms with Crippen LogP contribution in [0.15, 0.2) is 23.1 Å². The highest BCUT2D eigenvalue weighted by Crippen LogP contribution is 2.43. The molecule has 0 aromatic heterocycles. The number of aliphatic carboxylic acids is 1. The maximum Gasteiger partial charge on any atom is 0.307 e. The van der Waals surface area contributed by atoms with Crippen LogP contribution in [0.2, 0.25) is 0 Å². The van der Waals surface area contributed by atoms with E-state index in [0.29, 0.717) is 11.3 Å². The summed E-state index contributed by atoms with van der Waals surface area (Å²) in [6.07, 6.45) is -0.142. The molecule has 7 heteroatoms. The van der Waals surface area contributed by atoms with Crippen molar-refractivity contribution in [2.45, 2.75) is 36.8 Å². The second kappa shape index (κ2) is 8.45. The summed E-state index contributed by atoms with van der Waals surface area (Å²) in [5.41, 5.74) is 1.13. The average Bonchev–Trinajstić information content (AvgIpc) is 2.38. The van der Waals surface area contributed by atoms with Crippen molar-refractivity contribution in [2.75, 3.05) is 19.0 Å². The zero-order chi connectivity index (χ0) is 16.8. The SMILES string of the molecule is COCC(=O)Nc1cccc(SSC(C)(C)C)c1CC(=O)O. The van der Waals surface area contributed by atoms with E-state index in [9.17, 15) is 9.59 Å². The van der Waals surface area contributed by atoms with Gasteiger partial charge >= 0.3 is 5.97 Å². The predicted octanol–water partition coefficient (Wildman–Crippen LogP) is 3.44. The van der Waals surface area contributed by atoms with E-state index in [1.54, 1.807) is 22.9 Å². The Kier molecular flexibility index (Phi) is 7.25. The number of carbonyl (C=O) groups excluding carboxylic acids is 1. The summed E-state index contributed by atoms with van der Waals surface area (Å²) in [6, 6.07) is 5.38. The van der Waals surface area contributed by atoms with Crippen molar-refractivity contribution in [1.29, 1.82) is 0 Å². The number of methoxy groups -OCH3 is 1. The van der Waals surface area contributed by atoms with Gasteiger partial charge < -0.3 is 15.2 Å². The highest BCUT2D eigenvalue weighted by molar-refractivity contribution is 8.77. The van der Waals surface area contributed by atoms with E-state index in [2.05, 4.69) is 26.1 Å². The molecule has 0 spiro atoms. The van der Waals surface area contributed by atoms with E-state index in [1.807, 2.05) is 6.07 Å². The lowest BCUT2D eigenvalue weighted by molar-refractivity contribution is -0.136. The predicted molar refractivity (Wildman–Crippen MR) is 91.5 cm³/mol. The molecule has 0 radical (unpaired) electrons. The van der Waals surface area contributed by atoms with Gasteiger partial charge in [-0.05, 0) is 12.1 Å². The molecule has 0 aliphatic rings. The van der Waals surface area contributed by atoms with Crippen molar-refractivity contribution in [3.8, 4) is 0 Å². The van der Waals surface area contributed by atoms with Gasteiger partial charge in [-0.15, -0.1) is 0 Å². The molecule has 0 saturated heterocycles. The molecule has 2 N–H and O–H groups in total. The van der Waals surface area contributed by atoms with Crippen LogP contribution in [0.4, 0.5) is 5.69 Å². The van der Waals surface area contributed by atoms with Crippen molar-refractivity contribution in [3.05, 3.63) is 23.8 Å². The number of ether oxygens (including phenoxy) is 1. The van der Waals surface area contributed by atoms with Crippen molar-refractivity contribution in [2.24, 2.45) is 0 Å². The van der Waals surface area contributed by atoms with Crippen molar-refractivity contribution >= 4 is 39.2 Å². The van der Waals surface area contributed by atoms with Crippen LogP contribution in [0.1, 0.15) is 26.3 Å². The molecule has 0 aliphatic heterocycles. The van der Waals surface area contributed by atoms with Crippen LogP contribution in [0.3, 0.4) is 0 Å². The topological polar surface area (TPSA) is 75.6 Å². The Hall–Kier alpha value is -1.18. The lowest BCUT2D eigenvalue weighted by Gasteiger charge is -2.19. The molecule has 0 saturated carbocycles. The Labute approximate surface area is 138 Å². The maximum absolute atomic E-state index is 11.7. The van der Waals surface area contributed by atoms with Gasteiger partial charge in [-0.3, -0.25) is 9.59 Å². The Morgan fingerprint density at radius 1 is 1.32 bits per heavy atom. The summed E-state index contributed by atoms with van der Waals surface area (Å²) in [5, 5.41) is 11.8. The number of carboxylic acid groups (broad SMARTS) is 1. The number of anilines is 1. The zero-order valence-electron chi connectivity index (χ0n) is 13.1. The van der Waals surface area contributed by atoms with Gasteiger partial charge in [0.05, 0.1) is 6.42 Å². The zero-order valence-corrected chi connectivity index (χ0v) is 14.8. The van der Waals surface area contributed by atoms with E-state index < -0.39 is 5.97 Å². The lowest BCUT2D eigenvalue weighted by atomic mass is 10.1. The fourth-order valence-electron chi connectivity index (χ4n) is 1.58. The van der Waals surface area contributed by atoms with Gasteiger partial charge in [0, 0.05) is 28.0 Å². The van der Waals surface area contributed by atoms with Gasteiger partial charge in [0.2, 0.25) is 5.91 Å². The van der Waals surface area contributed by atoms with Crippen LogP contribution >= 0.6 is 21.6 Å². The maximum atomic E-state index is 11.7. The molecule has 1 rings (SSSR count). The number of benzene rings is 1. The smallest absolute Gasteiger partial charge is 0.307 e. The van der Waals surface area contributed by atoms with Crippen LogP contribution in [0.25, 0.3) is 0 Å². The van der Waals surface area contributed by atoms with Gasteiger partial charge in [-0.25, -0.2) is 0 Å². The molecular formula is C15H21NO4S2. The molecule has 22 heavy (non-hydrogen) atoms. The minimum atomic E-state index is -0.934. The molecule has 1 amide bonds. The van der Waals surface area contributed by atoms with Crippen molar-refractivity contribution in [3.63, 3.8) is 0 Å². The summed E-state index contributed by atoms with van der Waals surface area (Å²) in [6.45, 7) is 6.20. The summed E-state index contributed by atoms with van der Waals surface area (Å²) >= 11 is 0. The van der Waals surface area contributed by atoms with Crippen molar-refractivity contribution < 1.29 is 19.4 Å². The third kappa shape index (κ3) is 6.72. The summed E-state index contributed by atoms with van der Waals surface area (Å²) in [5.74, 6) is -1.24. The van der Waals surface area contributed by atoms with E-state index in [4.69, 9.17) is 9.84 Å². The second-order valence-corrected chi connectivity index (χ2v) is 8.61. The highest BCUT2D eigenvalue weighted by Gasteiger charge is 2.17. The van der Waals surface area contributed by atoms with E-state index >= 15 is 0 Å². The normalized spacial score (nSPS) is 11.3. The van der Waals surface area contributed by atoms with Gasteiger partial charge in [-0.1, -0.05) is 48.4 Å². The van der Waals surface area contributed by atoms with Crippen molar-refractivity contribution in [1.82, 2.24) is 0 Å². The molecule has 0 bridgehead atoms. The molecular weight excluding hydrogens is 322 g/mol. The highest BCUT2D eigenvalue weighted by atomic mass is 33.1. The van der Waals surface area contributed by atoms with Crippen LogP contribution in [-0.2, 0) is 20.7 Å². The Bertz CT molecular complexity index is 541. The molecule has 0 heterocycles. The minimum absolute atomic E-state index is 0.0421.